The minimum atomic E-state index is -0.209. The van der Waals surface area contributed by atoms with Crippen molar-refractivity contribution < 1.29 is 9.59 Å². The van der Waals surface area contributed by atoms with Crippen molar-refractivity contribution in [2.75, 3.05) is 5.32 Å². The molecule has 1 aromatic heterocycles. The molecule has 5 nitrogen and oxygen atoms in total. The van der Waals surface area contributed by atoms with Crippen LogP contribution in [0.15, 0.2) is 48.5 Å². The van der Waals surface area contributed by atoms with Gasteiger partial charge >= 0.3 is 0 Å². The van der Waals surface area contributed by atoms with Crippen LogP contribution >= 0.6 is 22.9 Å². The molecule has 0 unspecified atom stereocenters. The minimum absolute atomic E-state index is 0.118. The molecule has 138 valence electrons. The molecule has 1 heterocycles. The van der Waals surface area contributed by atoms with Crippen LogP contribution in [0.1, 0.15) is 27.9 Å². The highest BCUT2D eigenvalue weighted by Crippen LogP contribution is 2.28. The molecule has 0 aliphatic carbocycles. The molecule has 3 rings (SSSR count). The smallest absolute Gasteiger partial charge is 0.271 e. The molecule has 3 aromatic rings. The third-order valence-electron chi connectivity index (χ3n) is 3.83. The fourth-order valence-corrected chi connectivity index (χ4v) is 3.54. The van der Waals surface area contributed by atoms with Crippen molar-refractivity contribution in [1.82, 2.24) is 10.3 Å². The molecule has 2 amide bonds. The molecular formula is C20H18ClN3O2S. The van der Waals surface area contributed by atoms with Gasteiger partial charge in [-0.25, -0.2) is 4.98 Å². The average Bonchev–Trinajstić information content (AvgIpc) is 3.03. The lowest BCUT2D eigenvalue weighted by Crippen LogP contribution is -2.23. The van der Waals surface area contributed by atoms with Crippen molar-refractivity contribution in [3.8, 4) is 10.6 Å². The monoisotopic (exact) mass is 399 g/mol. The number of nitrogens with zero attached hydrogens (tertiary/aromatic N) is 1. The Kier molecular flexibility index (Phi) is 5.88. The van der Waals surface area contributed by atoms with Gasteiger partial charge in [0.25, 0.3) is 5.91 Å². The van der Waals surface area contributed by atoms with Crippen molar-refractivity contribution in [3.05, 3.63) is 69.7 Å². The van der Waals surface area contributed by atoms with Gasteiger partial charge in [-0.05, 0) is 48.9 Å². The SMILES string of the molecule is CC(=O)Nc1ccc(-c2nc(C(=O)NCc3ccc(Cl)cc3)c(C)s2)cc1. The number of hydrogen-bond acceptors (Lipinski definition) is 4. The van der Waals surface area contributed by atoms with Gasteiger partial charge in [-0.15, -0.1) is 11.3 Å². The van der Waals surface area contributed by atoms with Gasteiger partial charge in [0.15, 0.2) is 0 Å². The molecular weight excluding hydrogens is 382 g/mol. The maximum atomic E-state index is 12.5. The highest BCUT2D eigenvalue weighted by molar-refractivity contribution is 7.15. The second-order valence-corrected chi connectivity index (χ2v) is 7.63. The molecule has 0 saturated carbocycles. The van der Waals surface area contributed by atoms with Crippen molar-refractivity contribution in [1.29, 1.82) is 0 Å². The summed E-state index contributed by atoms with van der Waals surface area (Å²) >= 11 is 7.33. The lowest BCUT2D eigenvalue weighted by Gasteiger charge is -2.04. The zero-order valence-corrected chi connectivity index (χ0v) is 16.4. The summed E-state index contributed by atoms with van der Waals surface area (Å²) in [5, 5.41) is 7.04. The summed E-state index contributed by atoms with van der Waals surface area (Å²) in [6, 6.07) is 14.7. The summed E-state index contributed by atoms with van der Waals surface area (Å²) in [5.41, 5.74) is 3.01. The summed E-state index contributed by atoms with van der Waals surface area (Å²) in [5.74, 6) is -0.327. The summed E-state index contributed by atoms with van der Waals surface area (Å²) in [6.07, 6.45) is 0. The van der Waals surface area contributed by atoms with Gasteiger partial charge in [0, 0.05) is 34.6 Å². The number of nitrogens with one attached hydrogen (secondary N) is 2. The lowest BCUT2D eigenvalue weighted by atomic mass is 10.2. The van der Waals surface area contributed by atoms with Gasteiger partial charge < -0.3 is 10.6 Å². The Morgan fingerprint density at radius 2 is 1.74 bits per heavy atom. The van der Waals surface area contributed by atoms with E-state index in [1.165, 1.54) is 18.3 Å². The molecule has 27 heavy (non-hydrogen) atoms. The van der Waals surface area contributed by atoms with E-state index < -0.39 is 0 Å². The number of thiazole rings is 1. The number of rotatable bonds is 5. The van der Waals surface area contributed by atoms with E-state index >= 15 is 0 Å². The van der Waals surface area contributed by atoms with Crippen LogP contribution in [0.5, 0.6) is 0 Å². The van der Waals surface area contributed by atoms with Crippen LogP contribution in [0.4, 0.5) is 5.69 Å². The highest BCUT2D eigenvalue weighted by atomic mass is 35.5. The molecule has 2 N–H and O–H groups in total. The first-order valence-electron chi connectivity index (χ1n) is 8.30. The molecule has 0 radical (unpaired) electrons. The highest BCUT2D eigenvalue weighted by Gasteiger charge is 2.16. The Balaban J connectivity index is 1.70. The fourth-order valence-electron chi connectivity index (χ4n) is 2.50. The van der Waals surface area contributed by atoms with E-state index in [0.717, 1.165) is 26.7 Å². The number of anilines is 1. The average molecular weight is 400 g/mol. The van der Waals surface area contributed by atoms with Crippen LogP contribution in [0.2, 0.25) is 5.02 Å². The van der Waals surface area contributed by atoms with Gasteiger partial charge in [-0.1, -0.05) is 23.7 Å². The maximum absolute atomic E-state index is 12.5. The number of aryl methyl sites for hydroxylation is 1. The predicted octanol–water partition coefficient (Wildman–Crippen LogP) is 4.66. The Bertz CT molecular complexity index is 966. The number of aromatic nitrogens is 1. The first kappa shape index (κ1) is 19.1. The first-order valence-corrected chi connectivity index (χ1v) is 9.50. The van der Waals surface area contributed by atoms with E-state index in [-0.39, 0.29) is 11.8 Å². The molecule has 0 aliphatic heterocycles. The summed E-state index contributed by atoms with van der Waals surface area (Å²) < 4.78 is 0. The van der Waals surface area contributed by atoms with Crippen molar-refractivity contribution in [3.63, 3.8) is 0 Å². The third kappa shape index (κ3) is 4.93. The van der Waals surface area contributed by atoms with Gasteiger partial charge in [-0.3, -0.25) is 9.59 Å². The van der Waals surface area contributed by atoms with Crippen molar-refractivity contribution in [2.24, 2.45) is 0 Å². The Morgan fingerprint density at radius 1 is 1.07 bits per heavy atom. The molecule has 0 atom stereocenters. The largest absolute Gasteiger partial charge is 0.347 e. The lowest BCUT2D eigenvalue weighted by molar-refractivity contribution is -0.114. The second kappa shape index (κ2) is 8.33. The maximum Gasteiger partial charge on any atom is 0.271 e. The van der Waals surface area contributed by atoms with Crippen molar-refractivity contribution >= 4 is 40.4 Å². The summed E-state index contributed by atoms with van der Waals surface area (Å²) in [4.78, 5) is 28.9. The van der Waals surface area contributed by atoms with Crippen LogP contribution in [-0.4, -0.2) is 16.8 Å². The molecule has 0 aliphatic rings. The number of halogens is 1. The molecule has 7 heteroatoms. The van der Waals surface area contributed by atoms with E-state index in [1.54, 1.807) is 12.1 Å². The van der Waals surface area contributed by atoms with Crippen LogP contribution in [0.25, 0.3) is 10.6 Å². The fraction of sp³-hybridized carbons (Fsp3) is 0.150. The minimum Gasteiger partial charge on any atom is -0.347 e. The van der Waals surface area contributed by atoms with Gasteiger partial charge in [0.1, 0.15) is 10.7 Å². The topological polar surface area (TPSA) is 71.1 Å². The van der Waals surface area contributed by atoms with E-state index in [4.69, 9.17) is 11.6 Å². The number of amides is 2. The molecule has 0 spiro atoms. The van der Waals surface area contributed by atoms with Crippen LogP contribution in [-0.2, 0) is 11.3 Å². The van der Waals surface area contributed by atoms with Gasteiger partial charge in [0.05, 0.1) is 0 Å². The van der Waals surface area contributed by atoms with E-state index in [0.29, 0.717) is 17.3 Å². The first-order chi connectivity index (χ1) is 12.9. The molecule has 2 aromatic carbocycles. The summed E-state index contributed by atoms with van der Waals surface area (Å²) in [6.45, 7) is 3.75. The van der Waals surface area contributed by atoms with E-state index in [9.17, 15) is 9.59 Å². The number of benzene rings is 2. The number of hydrogen-bond donors (Lipinski definition) is 2. The zero-order valence-electron chi connectivity index (χ0n) is 14.9. The zero-order chi connectivity index (χ0) is 19.4. The van der Waals surface area contributed by atoms with Crippen LogP contribution in [0, 0.1) is 6.92 Å². The third-order valence-corrected chi connectivity index (χ3v) is 5.10. The Labute approximate surface area is 166 Å². The van der Waals surface area contributed by atoms with Crippen LogP contribution in [0.3, 0.4) is 0 Å². The second-order valence-electron chi connectivity index (χ2n) is 5.99. The molecule has 0 bridgehead atoms. The Morgan fingerprint density at radius 3 is 2.37 bits per heavy atom. The normalized spacial score (nSPS) is 10.5. The van der Waals surface area contributed by atoms with Crippen LogP contribution < -0.4 is 10.6 Å². The standard InChI is InChI=1S/C20H18ClN3O2S/c1-12-18(19(26)22-11-14-3-7-16(21)8-4-14)24-20(27-12)15-5-9-17(10-6-15)23-13(2)25/h3-10H,11H2,1-2H3,(H,22,26)(H,23,25). The molecule has 0 fully saturated rings. The number of carbonyl (C=O) groups is 2. The molecule has 0 saturated heterocycles. The van der Waals surface area contributed by atoms with Gasteiger partial charge in [0.2, 0.25) is 5.91 Å². The summed E-state index contributed by atoms with van der Waals surface area (Å²) in [7, 11) is 0. The van der Waals surface area contributed by atoms with E-state index in [2.05, 4.69) is 15.6 Å². The van der Waals surface area contributed by atoms with E-state index in [1.807, 2.05) is 43.3 Å². The Hall–Kier alpha value is -2.70. The van der Waals surface area contributed by atoms with Gasteiger partial charge in [-0.2, -0.15) is 0 Å². The quantitative estimate of drug-likeness (QED) is 0.655. The number of carbonyl (C=O) groups excluding carboxylic acids is 2. The predicted molar refractivity (Wildman–Crippen MR) is 109 cm³/mol. The van der Waals surface area contributed by atoms with Crippen molar-refractivity contribution in [2.45, 2.75) is 20.4 Å².